The molecular formula is C13H12IN3O3. The van der Waals surface area contributed by atoms with Gasteiger partial charge in [0.15, 0.2) is 17.3 Å². The van der Waals surface area contributed by atoms with Gasteiger partial charge < -0.3 is 19.5 Å². The summed E-state index contributed by atoms with van der Waals surface area (Å²) in [6.07, 6.45) is 1.77. The molecule has 1 aromatic carbocycles. The second kappa shape index (κ2) is 5.31. The van der Waals surface area contributed by atoms with Gasteiger partial charge in [-0.3, -0.25) is 0 Å². The Morgan fingerprint density at radius 2 is 2.20 bits per heavy atom. The van der Waals surface area contributed by atoms with Gasteiger partial charge in [0, 0.05) is 18.8 Å². The predicted octanol–water partition coefficient (Wildman–Crippen LogP) is 2.53. The number of rotatable bonds is 3. The molecule has 6 nitrogen and oxygen atoms in total. The van der Waals surface area contributed by atoms with Gasteiger partial charge in [0.05, 0.1) is 10.7 Å². The Kier molecular flexibility index (Phi) is 3.51. The molecule has 0 bridgehead atoms. The standard InChI is InChI=1S/C13H12IN3O3/c1-15-13-8(14)5-16-12(17-13)7-3-9(18-2)11-10(4-7)19-6-20-11/h3-5H,6H2,1-2H3,(H,15,16,17). The summed E-state index contributed by atoms with van der Waals surface area (Å²) >= 11 is 2.18. The minimum atomic E-state index is 0.199. The van der Waals surface area contributed by atoms with Crippen molar-refractivity contribution in [1.82, 2.24) is 9.97 Å². The first-order chi connectivity index (χ1) is 9.72. The Morgan fingerprint density at radius 3 is 2.95 bits per heavy atom. The van der Waals surface area contributed by atoms with Crippen molar-refractivity contribution in [3.63, 3.8) is 0 Å². The molecule has 2 aromatic rings. The lowest BCUT2D eigenvalue weighted by molar-refractivity contribution is 0.171. The number of anilines is 1. The summed E-state index contributed by atoms with van der Waals surface area (Å²) < 4.78 is 17.1. The molecule has 1 aliphatic rings. The van der Waals surface area contributed by atoms with Crippen LogP contribution in [0.15, 0.2) is 18.3 Å². The van der Waals surface area contributed by atoms with Crippen LogP contribution in [0.3, 0.4) is 0 Å². The van der Waals surface area contributed by atoms with E-state index in [1.165, 1.54) is 0 Å². The topological polar surface area (TPSA) is 65.5 Å². The normalized spacial score (nSPS) is 12.3. The fourth-order valence-corrected chi connectivity index (χ4v) is 2.47. The number of fused-ring (bicyclic) bond motifs is 1. The summed E-state index contributed by atoms with van der Waals surface area (Å²) in [4.78, 5) is 8.83. The van der Waals surface area contributed by atoms with Crippen LogP contribution in [0, 0.1) is 3.57 Å². The van der Waals surface area contributed by atoms with Crippen LogP contribution in [0.5, 0.6) is 17.2 Å². The zero-order chi connectivity index (χ0) is 14.1. The predicted molar refractivity (Wildman–Crippen MR) is 82.4 cm³/mol. The summed E-state index contributed by atoms with van der Waals surface area (Å²) in [6.45, 7) is 0.199. The minimum absolute atomic E-state index is 0.199. The average molecular weight is 385 g/mol. The molecule has 0 amide bonds. The van der Waals surface area contributed by atoms with Crippen molar-refractivity contribution in [2.45, 2.75) is 0 Å². The van der Waals surface area contributed by atoms with Gasteiger partial charge in [0.1, 0.15) is 5.82 Å². The van der Waals surface area contributed by atoms with E-state index < -0.39 is 0 Å². The summed E-state index contributed by atoms with van der Waals surface area (Å²) in [6, 6.07) is 3.70. The zero-order valence-corrected chi connectivity index (χ0v) is 13.1. The minimum Gasteiger partial charge on any atom is -0.493 e. The first-order valence-corrected chi connectivity index (χ1v) is 6.99. The van der Waals surface area contributed by atoms with Crippen molar-refractivity contribution in [2.75, 3.05) is 26.3 Å². The van der Waals surface area contributed by atoms with E-state index in [0.29, 0.717) is 23.1 Å². The number of nitrogens with one attached hydrogen (secondary N) is 1. The molecule has 0 aliphatic carbocycles. The van der Waals surface area contributed by atoms with Gasteiger partial charge in [0.2, 0.25) is 12.5 Å². The van der Waals surface area contributed by atoms with Gasteiger partial charge in [0.25, 0.3) is 0 Å². The maximum absolute atomic E-state index is 5.41. The Morgan fingerprint density at radius 1 is 1.35 bits per heavy atom. The van der Waals surface area contributed by atoms with Crippen LogP contribution >= 0.6 is 22.6 Å². The summed E-state index contributed by atoms with van der Waals surface area (Å²) in [5, 5.41) is 3.04. The number of hydrogen-bond donors (Lipinski definition) is 1. The number of nitrogens with zero attached hydrogens (tertiary/aromatic N) is 2. The molecule has 7 heteroatoms. The SMILES string of the molecule is CNc1nc(-c2cc(OC)c3c(c2)OCO3)ncc1I. The molecule has 1 N–H and O–H groups in total. The van der Waals surface area contributed by atoms with E-state index in [4.69, 9.17) is 14.2 Å². The highest BCUT2D eigenvalue weighted by Gasteiger charge is 2.21. The van der Waals surface area contributed by atoms with Gasteiger partial charge in [-0.2, -0.15) is 0 Å². The Labute approximate surface area is 129 Å². The lowest BCUT2D eigenvalue weighted by Gasteiger charge is -2.09. The number of halogens is 1. The summed E-state index contributed by atoms with van der Waals surface area (Å²) in [5.74, 6) is 3.27. The van der Waals surface area contributed by atoms with Crippen LogP contribution < -0.4 is 19.5 Å². The van der Waals surface area contributed by atoms with Crippen molar-refractivity contribution >= 4 is 28.4 Å². The van der Waals surface area contributed by atoms with Crippen LogP contribution in [0.25, 0.3) is 11.4 Å². The third kappa shape index (κ3) is 2.21. The van der Waals surface area contributed by atoms with Crippen molar-refractivity contribution in [1.29, 1.82) is 0 Å². The third-order valence-corrected chi connectivity index (χ3v) is 3.69. The zero-order valence-electron chi connectivity index (χ0n) is 10.9. The molecule has 0 saturated heterocycles. The average Bonchev–Trinajstić information content (AvgIpc) is 2.95. The van der Waals surface area contributed by atoms with Crippen molar-refractivity contribution in [2.24, 2.45) is 0 Å². The van der Waals surface area contributed by atoms with E-state index in [2.05, 4.69) is 37.9 Å². The summed E-state index contributed by atoms with van der Waals surface area (Å²) in [7, 11) is 3.42. The summed E-state index contributed by atoms with van der Waals surface area (Å²) in [5.41, 5.74) is 0.819. The lowest BCUT2D eigenvalue weighted by atomic mass is 10.1. The van der Waals surface area contributed by atoms with Crippen LogP contribution in [0.4, 0.5) is 5.82 Å². The maximum Gasteiger partial charge on any atom is 0.231 e. The molecule has 1 aliphatic heterocycles. The van der Waals surface area contributed by atoms with Gasteiger partial charge in [-0.1, -0.05) is 0 Å². The fraction of sp³-hybridized carbons (Fsp3) is 0.231. The highest BCUT2D eigenvalue weighted by Crippen LogP contribution is 2.43. The van der Waals surface area contributed by atoms with E-state index in [0.717, 1.165) is 15.0 Å². The molecule has 2 heterocycles. The molecule has 0 radical (unpaired) electrons. The van der Waals surface area contributed by atoms with Crippen LogP contribution in [0.1, 0.15) is 0 Å². The quantitative estimate of drug-likeness (QED) is 0.820. The highest BCUT2D eigenvalue weighted by atomic mass is 127. The monoisotopic (exact) mass is 385 g/mol. The molecule has 0 spiro atoms. The first-order valence-electron chi connectivity index (χ1n) is 5.91. The molecule has 0 unspecified atom stereocenters. The van der Waals surface area contributed by atoms with Crippen molar-refractivity contribution < 1.29 is 14.2 Å². The largest absolute Gasteiger partial charge is 0.493 e. The molecular weight excluding hydrogens is 373 g/mol. The van der Waals surface area contributed by atoms with E-state index in [9.17, 15) is 0 Å². The van der Waals surface area contributed by atoms with E-state index in [1.807, 2.05) is 19.2 Å². The molecule has 1 aromatic heterocycles. The molecule has 0 fully saturated rings. The number of hydrogen-bond acceptors (Lipinski definition) is 6. The van der Waals surface area contributed by atoms with Crippen molar-refractivity contribution in [3.05, 3.63) is 21.9 Å². The van der Waals surface area contributed by atoms with E-state index in [1.54, 1.807) is 13.3 Å². The smallest absolute Gasteiger partial charge is 0.231 e. The molecule has 3 rings (SSSR count). The lowest BCUT2D eigenvalue weighted by Crippen LogP contribution is -1.99. The van der Waals surface area contributed by atoms with Gasteiger partial charge in [-0.05, 0) is 34.7 Å². The number of aromatic nitrogens is 2. The second-order valence-corrected chi connectivity index (χ2v) is 5.21. The second-order valence-electron chi connectivity index (χ2n) is 4.05. The van der Waals surface area contributed by atoms with Crippen LogP contribution in [0.2, 0.25) is 0 Å². The Balaban J connectivity index is 2.10. The Hall–Kier alpha value is -1.77. The number of methoxy groups -OCH3 is 1. The molecule has 20 heavy (non-hydrogen) atoms. The molecule has 104 valence electrons. The number of benzene rings is 1. The Bertz CT molecular complexity index is 664. The van der Waals surface area contributed by atoms with Crippen LogP contribution in [-0.2, 0) is 0 Å². The van der Waals surface area contributed by atoms with E-state index in [-0.39, 0.29) is 6.79 Å². The van der Waals surface area contributed by atoms with Crippen LogP contribution in [-0.4, -0.2) is 30.9 Å². The third-order valence-electron chi connectivity index (χ3n) is 2.90. The highest BCUT2D eigenvalue weighted by molar-refractivity contribution is 14.1. The van der Waals surface area contributed by atoms with Gasteiger partial charge in [-0.25, -0.2) is 9.97 Å². The van der Waals surface area contributed by atoms with E-state index >= 15 is 0 Å². The number of ether oxygens (including phenoxy) is 3. The molecule has 0 saturated carbocycles. The van der Waals surface area contributed by atoms with Gasteiger partial charge >= 0.3 is 0 Å². The first kappa shape index (κ1) is 13.2. The maximum atomic E-state index is 5.41. The van der Waals surface area contributed by atoms with Gasteiger partial charge in [-0.15, -0.1) is 0 Å². The van der Waals surface area contributed by atoms with Crippen molar-refractivity contribution in [3.8, 4) is 28.6 Å². The fourth-order valence-electron chi connectivity index (χ4n) is 1.94. The molecule has 0 atom stereocenters.